The molecule has 0 saturated carbocycles. The van der Waals surface area contributed by atoms with Gasteiger partial charge in [0.05, 0.1) is 6.61 Å². The molecule has 1 unspecified atom stereocenters. The van der Waals surface area contributed by atoms with E-state index in [4.69, 9.17) is 9.84 Å². The minimum Gasteiger partial charge on any atom is -0.480 e. The summed E-state index contributed by atoms with van der Waals surface area (Å²) < 4.78 is 4.84. The molecule has 0 bridgehead atoms. The van der Waals surface area contributed by atoms with Crippen molar-refractivity contribution in [2.45, 2.75) is 13.0 Å². The Morgan fingerprint density at radius 3 is 2.65 bits per heavy atom. The van der Waals surface area contributed by atoms with Gasteiger partial charge < -0.3 is 20.1 Å². The Morgan fingerprint density at radius 2 is 2.18 bits per heavy atom. The maximum atomic E-state index is 11.8. The fraction of sp³-hybridized carbons (Fsp3) is 0.800. The third-order valence-electron chi connectivity index (χ3n) is 1.97. The van der Waals surface area contributed by atoms with E-state index in [-0.39, 0.29) is 25.2 Å². The Labute approximate surface area is 106 Å². The molecule has 0 radical (unpaired) electrons. The summed E-state index contributed by atoms with van der Waals surface area (Å²) in [5.74, 6) is -0.245. The molecule has 0 aromatic rings. The monoisotopic (exact) mass is 264 g/mol. The lowest BCUT2D eigenvalue weighted by Crippen LogP contribution is -2.47. The minimum absolute atomic E-state index is 0.0105. The van der Waals surface area contributed by atoms with E-state index in [0.717, 1.165) is 5.75 Å². The topological polar surface area (TPSA) is 78.9 Å². The Balaban J connectivity index is 4.25. The first-order valence-corrected chi connectivity index (χ1v) is 6.65. The summed E-state index contributed by atoms with van der Waals surface area (Å²) >= 11 is 1.62. The zero-order chi connectivity index (χ0) is 13.3. The van der Waals surface area contributed by atoms with E-state index in [9.17, 15) is 9.59 Å². The number of nitrogens with one attached hydrogen (secondary N) is 1. The lowest BCUT2D eigenvalue weighted by atomic mass is 10.4. The molecule has 0 aromatic carbocycles. The van der Waals surface area contributed by atoms with Crippen LogP contribution in [0.15, 0.2) is 0 Å². The zero-order valence-electron chi connectivity index (χ0n) is 10.4. The number of methoxy groups -OCH3 is 1. The van der Waals surface area contributed by atoms with Crippen molar-refractivity contribution in [2.75, 3.05) is 38.8 Å². The van der Waals surface area contributed by atoms with Crippen molar-refractivity contribution in [2.24, 2.45) is 0 Å². The van der Waals surface area contributed by atoms with Gasteiger partial charge >= 0.3 is 12.0 Å². The van der Waals surface area contributed by atoms with Gasteiger partial charge in [-0.05, 0) is 13.2 Å². The van der Waals surface area contributed by atoms with Crippen LogP contribution in [0.4, 0.5) is 4.79 Å². The molecular formula is C10H20N2O4S. The largest absolute Gasteiger partial charge is 0.480 e. The molecule has 0 spiro atoms. The van der Waals surface area contributed by atoms with Gasteiger partial charge in [-0.2, -0.15) is 11.8 Å². The third kappa shape index (κ3) is 7.87. The van der Waals surface area contributed by atoms with E-state index in [1.54, 1.807) is 11.8 Å². The number of carbonyl (C=O) groups excluding carboxylic acids is 1. The molecule has 17 heavy (non-hydrogen) atoms. The number of carbonyl (C=O) groups is 2. The van der Waals surface area contributed by atoms with E-state index in [1.165, 1.54) is 12.0 Å². The average molecular weight is 264 g/mol. The number of hydrogen-bond acceptors (Lipinski definition) is 4. The third-order valence-corrected chi connectivity index (χ3v) is 2.80. The van der Waals surface area contributed by atoms with Crippen LogP contribution in [0.25, 0.3) is 0 Å². The Morgan fingerprint density at radius 1 is 1.53 bits per heavy atom. The van der Waals surface area contributed by atoms with E-state index in [2.05, 4.69) is 5.32 Å². The first kappa shape index (κ1) is 16.1. The first-order chi connectivity index (χ1) is 8.01. The summed E-state index contributed by atoms with van der Waals surface area (Å²) in [5, 5.41) is 11.4. The van der Waals surface area contributed by atoms with Gasteiger partial charge in [0, 0.05) is 25.4 Å². The van der Waals surface area contributed by atoms with Crippen LogP contribution < -0.4 is 5.32 Å². The van der Waals surface area contributed by atoms with Crippen molar-refractivity contribution in [1.29, 1.82) is 0 Å². The van der Waals surface area contributed by atoms with Gasteiger partial charge in [0.25, 0.3) is 0 Å². The highest BCUT2D eigenvalue weighted by Gasteiger charge is 2.17. The van der Waals surface area contributed by atoms with Crippen molar-refractivity contribution in [3.05, 3.63) is 0 Å². The summed E-state index contributed by atoms with van der Waals surface area (Å²) in [5.41, 5.74) is 0. The van der Waals surface area contributed by atoms with Crippen LogP contribution in [0.3, 0.4) is 0 Å². The number of amides is 2. The summed E-state index contributed by atoms with van der Waals surface area (Å²) in [6, 6.07) is -0.359. The molecule has 6 nitrogen and oxygen atoms in total. The molecule has 0 aliphatic heterocycles. The first-order valence-electron chi connectivity index (χ1n) is 5.26. The summed E-state index contributed by atoms with van der Waals surface area (Å²) in [6.45, 7) is 2.14. The van der Waals surface area contributed by atoms with Gasteiger partial charge in [-0.15, -0.1) is 0 Å². The quantitative estimate of drug-likeness (QED) is 0.666. The summed E-state index contributed by atoms with van der Waals surface area (Å²) in [4.78, 5) is 23.6. The van der Waals surface area contributed by atoms with Crippen molar-refractivity contribution >= 4 is 23.8 Å². The molecule has 0 aliphatic rings. The fourth-order valence-electron chi connectivity index (χ4n) is 1.21. The van der Waals surface area contributed by atoms with E-state index in [0.29, 0.717) is 6.61 Å². The average Bonchev–Trinajstić information content (AvgIpc) is 2.23. The highest BCUT2D eigenvalue weighted by atomic mass is 32.2. The van der Waals surface area contributed by atoms with Crippen LogP contribution >= 0.6 is 11.8 Å². The number of rotatable bonds is 8. The Bertz CT molecular complexity index is 250. The maximum absolute atomic E-state index is 11.8. The predicted octanol–water partition coefficient (Wildman–Crippen LogP) is 0.480. The predicted molar refractivity (Wildman–Crippen MR) is 67.5 cm³/mol. The van der Waals surface area contributed by atoms with E-state index < -0.39 is 5.97 Å². The summed E-state index contributed by atoms with van der Waals surface area (Å²) in [6.07, 6.45) is 1.95. The number of ether oxygens (including phenoxy) is 1. The van der Waals surface area contributed by atoms with Crippen LogP contribution in [0.5, 0.6) is 0 Å². The summed E-state index contributed by atoms with van der Waals surface area (Å²) in [7, 11) is 1.51. The molecule has 2 amide bonds. The molecule has 0 saturated heterocycles. The van der Waals surface area contributed by atoms with Crippen LogP contribution in [0, 0.1) is 0 Å². The van der Waals surface area contributed by atoms with Crippen molar-refractivity contribution < 1.29 is 19.4 Å². The second kappa shape index (κ2) is 9.12. The second-order valence-corrected chi connectivity index (χ2v) is 4.52. The smallest absolute Gasteiger partial charge is 0.323 e. The van der Waals surface area contributed by atoms with Crippen molar-refractivity contribution in [3.63, 3.8) is 0 Å². The molecule has 2 N–H and O–H groups in total. The molecule has 0 rings (SSSR count). The molecule has 100 valence electrons. The van der Waals surface area contributed by atoms with Gasteiger partial charge in [0.1, 0.15) is 6.54 Å². The van der Waals surface area contributed by atoms with Crippen molar-refractivity contribution in [1.82, 2.24) is 10.2 Å². The molecule has 1 atom stereocenters. The number of hydrogen-bond donors (Lipinski definition) is 2. The Hall–Kier alpha value is -0.950. The minimum atomic E-state index is -1.03. The number of aliphatic carboxylic acids is 1. The van der Waals surface area contributed by atoms with Gasteiger partial charge in [-0.25, -0.2) is 4.79 Å². The molecule has 7 heteroatoms. The SMILES string of the molecule is COCCN(CC(=O)O)C(=O)NC(C)CSC. The molecule has 0 aromatic heterocycles. The standard InChI is InChI=1S/C10H20N2O4S/c1-8(7-17-3)11-10(15)12(4-5-16-2)6-9(13)14/h8H,4-7H2,1-3H3,(H,11,15)(H,13,14). The lowest BCUT2D eigenvalue weighted by molar-refractivity contribution is -0.137. The molecule has 0 heterocycles. The van der Waals surface area contributed by atoms with Gasteiger partial charge in [0.15, 0.2) is 0 Å². The normalized spacial score (nSPS) is 11.9. The number of carboxylic acid groups (broad SMARTS) is 1. The molecular weight excluding hydrogens is 244 g/mol. The van der Waals surface area contributed by atoms with Gasteiger partial charge in [-0.1, -0.05) is 0 Å². The fourth-order valence-corrected chi connectivity index (χ4v) is 1.79. The molecule has 0 fully saturated rings. The second-order valence-electron chi connectivity index (χ2n) is 3.61. The van der Waals surface area contributed by atoms with Crippen LogP contribution in [-0.4, -0.2) is 66.9 Å². The van der Waals surface area contributed by atoms with Crippen molar-refractivity contribution in [3.8, 4) is 0 Å². The zero-order valence-corrected chi connectivity index (χ0v) is 11.2. The number of urea groups is 1. The maximum Gasteiger partial charge on any atom is 0.323 e. The van der Waals surface area contributed by atoms with E-state index >= 15 is 0 Å². The molecule has 0 aliphatic carbocycles. The Kier molecular flexibility index (Phi) is 8.61. The van der Waals surface area contributed by atoms with Crippen LogP contribution in [-0.2, 0) is 9.53 Å². The lowest BCUT2D eigenvalue weighted by Gasteiger charge is -2.23. The highest BCUT2D eigenvalue weighted by Crippen LogP contribution is 1.98. The van der Waals surface area contributed by atoms with Crippen LogP contribution in [0.1, 0.15) is 6.92 Å². The number of thioether (sulfide) groups is 1. The van der Waals surface area contributed by atoms with Crippen LogP contribution in [0.2, 0.25) is 0 Å². The van der Waals surface area contributed by atoms with E-state index in [1.807, 2.05) is 13.2 Å². The highest BCUT2D eigenvalue weighted by molar-refractivity contribution is 7.98. The number of carboxylic acids is 1. The van der Waals surface area contributed by atoms with Gasteiger partial charge in [-0.3, -0.25) is 4.79 Å². The number of nitrogens with zero attached hydrogens (tertiary/aromatic N) is 1. The van der Waals surface area contributed by atoms with Gasteiger partial charge in [0.2, 0.25) is 0 Å².